The van der Waals surface area contributed by atoms with Crippen LogP contribution in [0.25, 0.3) is 0 Å². The molecule has 1 aromatic rings. The Morgan fingerprint density at radius 1 is 1.21 bits per heavy atom. The van der Waals surface area contributed by atoms with E-state index < -0.39 is 5.54 Å². The first-order chi connectivity index (χ1) is 9.11. The van der Waals surface area contributed by atoms with Gasteiger partial charge in [-0.15, -0.1) is 0 Å². The lowest BCUT2D eigenvalue weighted by Crippen LogP contribution is -2.50. The molecular formula is C14H20N2O3. The quantitative estimate of drug-likeness (QED) is 0.856. The molecule has 0 bridgehead atoms. The van der Waals surface area contributed by atoms with Crippen LogP contribution in [-0.4, -0.2) is 33.2 Å². The second-order valence-corrected chi connectivity index (χ2v) is 4.73. The van der Waals surface area contributed by atoms with Crippen LogP contribution >= 0.6 is 0 Å². The van der Waals surface area contributed by atoms with Crippen molar-refractivity contribution in [1.29, 1.82) is 0 Å². The van der Waals surface area contributed by atoms with Crippen molar-refractivity contribution in [2.24, 2.45) is 0 Å². The van der Waals surface area contributed by atoms with Crippen LogP contribution in [0.3, 0.4) is 0 Å². The SMILES string of the molecule is COc1ccc(C2(C)NCCCNC2=O)c(OC)c1. The Morgan fingerprint density at radius 2 is 2.00 bits per heavy atom. The molecule has 0 saturated carbocycles. The minimum atomic E-state index is -0.784. The Hall–Kier alpha value is -1.75. The average Bonchev–Trinajstić information content (AvgIpc) is 2.61. The monoisotopic (exact) mass is 264 g/mol. The number of benzene rings is 1. The number of rotatable bonds is 3. The number of carbonyl (C=O) groups excluding carboxylic acids is 1. The minimum Gasteiger partial charge on any atom is -0.497 e. The molecule has 0 radical (unpaired) electrons. The molecule has 0 aliphatic carbocycles. The number of carbonyl (C=O) groups is 1. The Balaban J connectivity index is 2.46. The van der Waals surface area contributed by atoms with Gasteiger partial charge in [0.2, 0.25) is 5.91 Å². The Bertz CT molecular complexity index is 476. The highest BCUT2D eigenvalue weighted by atomic mass is 16.5. The summed E-state index contributed by atoms with van der Waals surface area (Å²) in [6, 6.07) is 5.50. The summed E-state index contributed by atoms with van der Waals surface area (Å²) in [5.41, 5.74) is 0.0314. The lowest BCUT2D eigenvalue weighted by molar-refractivity contribution is -0.126. The van der Waals surface area contributed by atoms with Crippen LogP contribution in [0.2, 0.25) is 0 Å². The van der Waals surface area contributed by atoms with Crippen LogP contribution in [-0.2, 0) is 10.3 Å². The molecule has 1 atom stereocenters. The normalized spacial score (nSPS) is 23.4. The Kier molecular flexibility index (Phi) is 3.95. The Morgan fingerprint density at radius 3 is 2.68 bits per heavy atom. The topological polar surface area (TPSA) is 59.6 Å². The van der Waals surface area contributed by atoms with Crippen molar-refractivity contribution < 1.29 is 14.3 Å². The van der Waals surface area contributed by atoms with Gasteiger partial charge in [0.15, 0.2) is 0 Å². The van der Waals surface area contributed by atoms with Gasteiger partial charge in [-0.25, -0.2) is 0 Å². The van der Waals surface area contributed by atoms with E-state index in [0.29, 0.717) is 18.0 Å². The van der Waals surface area contributed by atoms with E-state index in [4.69, 9.17) is 9.47 Å². The molecule has 1 fully saturated rings. The van der Waals surface area contributed by atoms with E-state index in [1.165, 1.54) is 0 Å². The maximum Gasteiger partial charge on any atom is 0.244 e. The fourth-order valence-corrected chi connectivity index (χ4v) is 2.31. The van der Waals surface area contributed by atoms with Crippen LogP contribution in [0.4, 0.5) is 0 Å². The molecule has 104 valence electrons. The fraction of sp³-hybridized carbons (Fsp3) is 0.500. The van der Waals surface area contributed by atoms with Gasteiger partial charge in [-0.05, 0) is 32.0 Å². The fourth-order valence-electron chi connectivity index (χ4n) is 2.31. The summed E-state index contributed by atoms with van der Waals surface area (Å²) < 4.78 is 10.6. The third-order valence-corrected chi connectivity index (χ3v) is 3.52. The molecule has 2 N–H and O–H groups in total. The summed E-state index contributed by atoms with van der Waals surface area (Å²) in [5, 5.41) is 6.23. The number of amides is 1. The summed E-state index contributed by atoms with van der Waals surface area (Å²) in [7, 11) is 3.20. The van der Waals surface area contributed by atoms with Crippen molar-refractivity contribution in [2.75, 3.05) is 27.3 Å². The molecule has 1 amide bonds. The van der Waals surface area contributed by atoms with Crippen LogP contribution in [0.5, 0.6) is 11.5 Å². The van der Waals surface area contributed by atoms with Gasteiger partial charge in [-0.3, -0.25) is 10.1 Å². The lowest BCUT2D eigenvalue weighted by atomic mass is 9.90. The second kappa shape index (κ2) is 5.48. The lowest BCUT2D eigenvalue weighted by Gasteiger charge is -2.29. The van der Waals surface area contributed by atoms with Crippen LogP contribution in [0, 0.1) is 0 Å². The predicted octanol–water partition coefficient (Wildman–Crippen LogP) is 1.03. The van der Waals surface area contributed by atoms with Gasteiger partial charge in [-0.2, -0.15) is 0 Å². The van der Waals surface area contributed by atoms with Gasteiger partial charge < -0.3 is 14.8 Å². The molecular weight excluding hydrogens is 244 g/mol. The molecule has 5 heteroatoms. The molecule has 1 aliphatic heterocycles. The molecule has 0 aromatic heterocycles. The van der Waals surface area contributed by atoms with Crippen molar-refractivity contribution in [3.05, 3.63) is 23.8 Å². The summed E-state index contributed by atoms with van der Waals surface area (Å²) in [6.07, 6.45) is 0.916. The van der Waals surface area contributed by atoms with E-state index >= 15 is 0 Å². The van der Waals surface area contributed by atoms with Crippen LogP contribution in [0.15, 0.2) is 18.2 Å². The van der Waals surface area contributed by atoms with Gasteiger partial charge in [0, 0.05) is 18.2 Å². The van der Waals surface area contributed by atoms with Crippen molar-refractivity contribution in [2.45, 2.75) is 18.9 Å². The number of methoxy groups -OCH3 is 2. The highest BCUT2D eigenvalue weighted by molar-refractivity contribution is 5.88. The van der Waals surface area contributed by atoms with E-state index in [2.05, 4.69) is 10.6 Å². The largest absolute Gasteiger partial charge is 0.497 e. The number of ether oxygens (including phenoxy) is 2. The maximum absolute atomic E-state index is 12.3. The highest BCUT2D eigenvalue weighted by Crippen LogP contribution is 2.33. The van der Waals surface area contributed by atoms with E-state index in [0.717, 1.165) is 18.5 Å². The van der Waals surface area contributed by atoms with Crippen LogP contribution < -0.4 is 20.1 Å². The van der Waals surface area contributed by atoms with Gasteiger partial charge in [0.25, 0.3) is 0 Å². The zero-order valence-corrected chi connectivity index (χ0v) is 11.6. The molecule has 1 unspecified atom stereocenters. The van der Waals surface area contributed by atoms with E-state index in [-0.39, 0.29) is 5.91 Å². The average molecular weight is 264 g/mol. The third kappa shape index (κ3) is 2.51. The van der Waals surface area contributed by atoms with E-state index in [9.17, 15) is 4.79 Å². The van der Waals surface area contributed by atoms with Crippen molar-refractivity contribution in [3.63, 3.8) is 0 Å². The molecule has 1 aromatic carbocycles. The van der Waals surface area contributed by atoms with Crippen LogP contribution in [0.1, 0.15) is 18.9 Å². The third-order valence-electron chi connectivity index (χ3n) is 3.52. The number of nitrogens with one attached hydrogen (secondary N) is 2. The molecule has 5 nitrogen and oxygen atoms in total. The van der Waals surface area contributed by atoms with E-state index in [1.54, 1.807) is 20.3 Å². The maximum atomic E-state index is 12.3. The van der Waals surface area contributed by atoms with Gasteiger partial charge in [0.1, 0.15) is 17.0 Å². The van der Waals surface area contributed by atoms with Gasteiger partial charge in [0.05, 0.1) is 14.2 Å². The molecule has 1 heterocycles. The summed E-state index contributed by atoms with van der Waals surface area (Å²) in [4.78, 5) is 12.3. The number of hydrogen-bond donors (Lipinski definition) is 2. The number of hydrogen-bond acceptors (Lipinski definition) is 4. The minimum absolute atomic E-state index is 0.0338. The molecule has 1 aliphatic rings. The zero-order chi connectivity index (χ0) is 13.9. The standard InChI is InChI=1S/C14H20N2O3/c1-14(13(17)15-7-4-8-16-14)11-6-5-10(18-2)9-12(11)19-3/h5-6,9,16H,4,7-8H2,1-3H3,(H,15,17). The van der Waals surface area contributed by atoms with Crippen molar-refractivity contribution in [1.82, 2.24) is 10.6 Å². The van der Waals surface area contributed by atoms with Crippen molar-refractivity contribution >= 4 is 5.91 Å². The summed E-state index contributed by atoms with van der Waals surface area (Å²) in [6.45, 7) is 3.35. The van der Waals surface area contributed by atoms with E-state index in [1.807, 2.05) is 19.1 Å². The first-order valence-electron chi connectivity index (χ1n) is 6.37. The first-order valence-corrected chi connectivity index (χ1v) is 6.37. The van der Waals surface area contributed by atoms with Gasteiger partial charge in [-0.1, -0.05) is 0 Å². The summed E-state index contributed by atoms with van der Waals surface area (Å²) in [5.74, 6) is 1.32. The first kappa shape index (κ1) is 13.7. The Labute approximate surface area is 113 Å². The summed E-state index contributed by atoms with van der Waals surface area (Å²) >= 11 is 0. The molecule has 0 spiro atoms. The van der Waals surface area contributed by atoms with Crippen molar-refractivity contribution in [3.8, 4) is 11.5 Å². The smallest absolute Gasteiger partial charge is 0.244 e. The molecule has 1 saturated heterocycles. The van der Waals surface area contributed by atoms with Gasteiger partial charge >= 0.3 is 0 Å². The second-order valence-electron chi connectivity index (χ2n) is 4.73. The highest BCUT2D eigenvalue weighted by Gasteiger charge is 2.38. The predicted molar refractivity (Wildman–Crippen MR) is 72.5 cm³/mol. The molecule has 2 rings (SSSR count). The zero-order valence-electron chi connectivity index (χ0n) is 11.6. The molecule has 19 heavy (non-hydrogen) atoms.